The summed E-state index contributed by atoms with van der Waals surface area (Å²) in [6.07, 6.45) is 3.03. The summed E-state index contributed by atoms with van der Waals surface area (Å²) in [6, 6.07) is 9.85. The Hall–Kier alpha value is -2.12. The molecule has 1 amide bonds. The number of fused-ring (bicyclic) bond motifs is 1. The fourth-order valence-corrected chi connectivity index (χ4v) is 4.80. The van der Waals surface area contributed by atoms with E-state index in [4.69, 9.17) is 0 Å². The van der Waals surface area contributed by atoms with Crippen LogP contribution < -0.4 is 5.32 Å². The number of nitrogens with zero attached hydrogens (tertiary/aromatic N) is 1. The predicted octanol–water partition coefficient (Wildman–Crippen LogP) is 5.33. The third-order valence-corrected chi connectivity index (χ3v) is 6.39. The quantitative estimate of drug-likeness (QED) is 0.794. The van der Waals surface area contributed by atoms with Crippen LogP contribution in [0.25, 0.3) is 0 Å². The molecule has 1 heterocycles. The number of rotatable bonds is 2. The van der Waals surface area contributed by atoms with Gasteiger partial charge >= 0.3 is 0 Å². The summed E-state index contributed by atoms with van der Waals surface area (Å²) in [7, 11) is 0. The number of carbonyl (C=O) groups excluding carboxylic acids is 1. The van der Waals surface area contributed by atoms with E-state index < -0.39 is 0 Å². The van der Waals surface area contributed by atoms with E-state index in [0.29, 0.717) is 22.0 Å². The van der Waals surface area contributed by atoms with Gasteiger partial charge in [-0.3, -0.25) is 4.79 Å². The van der Waals surface area contributed by atoms with Gasteiger partial charge in [0.1, 0.15) is 11.1 Å². The van der Waals surface area contributed by atoms with E-state index >= 15 is 0 Å². The molecule has 1 aliphatic carbocycles. The second kappa shape index (κ2) is 6.65. The molecule has 2 aromatic rings. The largest absolute Gasteiger partial charge is 0.312 e. The first-order valence-corrected chi connectivity index (χ1v) is 9.54. The molecular formula is C21H24N2OS. The van der Waals surface area contributed by atoms with Crippen LogP contribution in [0.3, 0.4) is 0 Å². The van der Waals surface area contributed by atoms with Crippen molar-refractivity contribution in [2.24, 2.45) is 11.3 Å². The van der Waals surface area contributed by atoms with Crippen LogP contribution in [0.5, 0.6) is 0 Å². The third kappa shape index (κ3) is 3.48. The van der Waals surface area contributed by atoms with Crippen LogP contribution in [-0.4, -0.2) is 5.91 Å². The van der Waals surface area contributed by atoms with Gasteiger partial charge in [-0.2, -0.15) is 5.26 Å². The van der Waals surface area contributed by atoms with E-state index in [1.54, 1.807) is 11.3 Å². The molecule has 0 saturated carbocycles. The van der Waals surface area contributed by atoms with Crippen LogP contribution in [-0.2, 0) is 12.8 Å². The van der Waals surface area contributed by atoms with Crippen molar-refractivity contribution in [3.63, 3.8) is 0 Å². The minimum Gasteiger partial charge on any atom is -0.312 e. The van der Waals surface area contributed by atoms with Crippen LogP contribution in [0, 0.1) is 29.6 Å². The maximum atomic E-state index is 12.6. The molecule has 0 fully saturated rings. The molecule has 1 aromatic heterocycles. The van der Waals surface area contributed by atoms with Crippen LogP contribution in [0.2, 0.25) is 0 Å². The summed E-state index contributed by atoms with van der Waals surface area (Å²) in [6.45, 7) is 8.76. The Morgan fingerprint density at radius 1 is 1.32 bits per heavy atom. The van der Waals surface area contributed by atoms with E-state index in [-0.39, 0.29) is 11.3 Å². The van der Waals surface area contributed by atoms with Crippen molar-refractivity contribution in [1.29, 1.82) is 5.26 Å². The maximum Gasteiger partial charge on any atom is 0.256 e. The van der Waals surface area contributed by atoms with Crippen molar-refractivity contribution in [2.45, 2.75) is 47.0 Å². The summed E-state index contributed by atoms with van der Waals surface area (Å²) in [5, 5.41) is 13.3. The van der Waals surface area contributed by atoms with Gasteiger partial charge in [-0.05, 0) is 54.7 Å². The van der Waals surface area contributed by atoms with Gasteiger partial charge < -0.3 is 5.32 Å². The minimum absolute atomic E-state index is 0.138. The number of thiophene rings is 1. The van der Waals surface area contributed by atoms with Gasteiger partial charge in [-0.15, -0.1) is 11.3 Å². The number of anilines is 1. The standard InChI is InChI=1S/C21H24N2OS/c1-13-7-5-6-8-15(13)19(24)23-20-17(12-22)16-10-9-14(21(2,3)4)11-18(16)25-20/h5-8,14H,9-11H2,1-4H3,(H,23,24)/t14-/m1/s1. The summed E-state index contributed by atoms with van der Waals surface area (Å²) in [4.78, 5) is 13.9. The fraction of sp³-hybridized carbons (Fsp3) is 0.429. The molecule has 0 radical (unpaired) electrons. The van der Waals surface area contributed by atoms with Gasteiger partial charge in [0.15, 0.2) is 0 Å². The molecule has 0 aliphatic heterocycles. The number of nitriles is 1. The number of hydrogen-bond acceptors (Lipinski definition) is 3. The maximum absolute atomic E-state index is 12.6. The monoisotopic (exact) mass is 352 g/mol. The zero-order valence-corrected chi connectivity index (χ0v) is 16.1. The van der Waals surface area contributed by atoms with Crippen molar-refractivity contribution >= 4 is 22.2 Å². The zero-order chi connectivity index (χ0) is 18.2. The molecule has 0 unspecified atom stereocenters. The van der Waals surface area contributed by atoms with Gasteiger partial charge in [0.2, 0.25) is 0 Å². The number of carbonyl (C=O) groups is 1. The fourth-order valence-electron chi connectivity index (χ4n) is 3.53. The van der Waals surface area contributed by atoms with Crippen LogP contribution in [0.1, 0.15) is 59.1 Å². The van der Waals surface area contributed by atoms with Crippen LogP contribution >= 0.6 is 11.3 Å². The first-order chi connectivity index (χ1) is 11.8. The Bertz CT molecular complexity index is 852. The van der Waals surface area contributed by atoms with Crippen molar-refractivity contribution < 1.29 is 4.79 Å². The van der Waals surface area contributed by atoms with E-state index in [1.807, 2.05) is 31.2 Å². The number of hydrogen-bond donors (Lipinski definition) is 1. The summed E-state index contributed by atoms with van der Waals surface area (Å²) in [5.74, 6) is 0.477. The van der Waals surface area contributed by atoms with Crippen molar-refractivity contribution in [3.05, 3.63) is 51.4 Å². The van der Waals surface area contributed by atoms with Crippen LogP contribution in [0.15, 0.2) is 24.3 Å². The lowest BCUT2D eigenvalue weighted by molar-refractivity contribution is 0.102. The number of benzene rings is 1. The smallest absolute Gasteiger partial charge is 0.256 e. The SMILES string of the molecule is Cc1ccccc1C(=O)Nc1sc2c(c1C#N)CC[C@@H](C(C)(C)C)C2. The van der Waals surface area contributed by atoms with Gasteiger partial charge in [-0.1, -0.05) is 39.0 Å². The molecule has 1 atom stereocenters. The highest BCUT2D eigenvalue weighted by molar-refractivity contribution is 7.16. The average Bonchev–Trinajstić information content (AvgIpc) is 2.90. The molecule has 25 heavy (non-hydrogen) atoms. The van der Waals surface area contributed by atoms with Crippen molar-refractivity contribution in [1.82, 2.24) is 0 Å². The van der Waals surface area contributed by atoms with Crippen molar-refractivity contribution in [3.8, 4) is 6.07 Å². The van der Waals surface area contributed by atoms with E-state index in [9.17, 15) is 10.1 Å². The minimum atomic E-state index is -0.138. The summed E-state index contributed by atoms with van der Waals surface area (Å²) in [5.41, 5.74) is 3.67. The Kier molecular flexibility index (Phi) is 4.71. The highest BCUT2D eigenvalue weighted by atomic mass is 32.1. The first-order valence-electron chi connectivity index (χ1n) is 8.73. The molecule has 1 aromatic carbocycles. The zero-order valence-electron chi connectivity index (χ0n) is 15.3. The predicted molar refractivity (Wildman–Crippen MR) is 103 cm³/mol. The molecule has 0 bridgehead atoms. The van der Waals surface area contributed by atoms with Gasteiger partial charge in [0.05, 0.1) is 5.56 Å². The highest BCUT2D eigenvalue weighted by Crippen LogP contribution is 2.44. The molecule has 0 saturated heterocycles. The second-order valence-electron chi connectivity index (χ2n) is 7.89. The van der Waals surface area contributed by atoms with Gasteiger partial charge in [-0.25, -0.2) is 0 Å². The molecule has 1 N–H and O–H groups in total. The lowest BCUT2D eigenvalue weighted by Crippen LogP contribution is -2.26. The molecule has 130 valence electrons. The molecule has 4 heteroatoms. The Morgan fingerprint density at radius 3 is 2.68 bits per heavy atom. The van der Waals surface area contributed by atoms with Gasteiger partial charge in [0.25, 0.3) is 5.91 Å². The van der Waals surface area contributed by atoms with E-state index in [0.717, 1.165) is 30.4 Å². The molecule has 3 nitrogen and oxygen atoms in total. The summed E-state index contributed by atoms with van der Waals surface area (Å²) >= 11 is 1.58. The Labute approximate surface area is 153 Å². The number of aryl methyl sites for hydroxylation is 1. The summed E-state index contributed by atoms with van der Waals surface area (Å²) < 4.78 is 0. The molecule has 1 aliphatic rings. The van der Waals surface area contributed by atoms with E-state index in [1.165, 1.54) is 4.88 Å². The Morgan fingerprint density at radius 2 is 2.04 bits per heavy atom. The van der Waals surface area contributed by atoms with Crippen LogP contribution in [0.4, 0.5) is 5.00 Å². The van der Waals surface area contributed by atoms with Crippen molar-refractivity contribution in [2.75, 3.05) is 5.32 Å². The lowest BCUT2D eigenvalue weighted by atomic mass is 9.72. The lowest BCUT2D eigenvalue weighted by Gasteiger charge is -2.33. The van der Waals surface area contributed by atoms with E-state index in [2.05, 4.69) is 32.2 Å². The average molecular weight is 353 g/mol. The third-order valence-electron chi connectivity index (χ3n) is 5.22. The number of amides is 1. The molecule has 3 rings (SSSR count). The topological polar surface area (TPSA) is 52.9 Å². The Balaban J connectivity index is 1.89. The second-order valence-corrected chi connectivity index (χ2v) is 9.00. The first kappa shape index (κ1) is 17.7. The van der Waals surface area contributed by atoms with Gasteiger partial charge in [0, 0.05) is 10.4 Å². The normalized spacial score (nSPS) is 16.8. The molecular weight excluding hydrogens is 328 g/mol. The number of nitrogens with one attached hydrogen (secondary N) is 1. The highest BCUT2D eigenvalue weighted by Gasteiger charge is 2.32. The molecule has 0 spiro atoms.